The Balaban J connectivity index is 2.05. The molecular weight excluding hydrogens is 352 g/mol. The maximum atomic E-state index is 12.7. The number of nitrogens with two attached hydrogens (primary N) is 1. The number of hydrogen-bond donors (Lipinski definition) is 2. The summed E-state index contributed by atoms with van der Waals surface area (Å²) in [6.45, 7) is 1.53. The molecule has 1 atom stereocenters. The van der Waals surface area contributed by atoms with Crippen molar-refractivity contribution < 1.29 is 9.59 Å². The fraction of sp³-hybridized carbons (Fsp3) is 0.105. The van der Waals surface area contributed by atoms with Crippen LogP contribution in [0.2, 0.25) is 5.02 Å². The molecule has 26 heavy (non-hydrogen) atoms. The molecule has 7 heteroatoms. The highest BCUT2D eigenvalue weighted by Gasteiger charge is 2.21. The zero-order valence-corrected chi connectivity index (χ0v) is 14.8. The molecule has 3 rings (SSSR count). The van der Waals surface area contributed by atoms with Gasteiger partial charge in [0.1, 0.15) is 11.7 Å². The molecule has 0 aliphatic carbocycles. The largest absolute Gasteiger partial charge is 0.368 e. The molecule has 2 amide bonds. The van der Waals surface area contributed by atoms with E-state index in [4.69, 9.17) is 17.3 Å². The summed E-state index contributed by atoms with van der Waals surface area (Å²) in [5, 5.41) is 7.73. The van der Waals surface area contributed by atoms with Crippen LogP contribution < -0.4 is 11.1 Å². The van der Waals surface area contributed by atoms with E-state index in [1.54, 1.807) is 35.1 Å². The molecule has 3 aromatic rings. The minimum Gasteiger partial charge on any atom is -0.368 e. The highest BCUT2D eigenvalue weighted by molar-refractivity contribution is 6.30. The van der Waals surface area contributed by atoms with Gasteiger partial charge < -0.3 is 11.1 Å². The summed E-state index contributed by atoms with van der Waals surface area (Å²) in [5.74, 6) is -1.04. The van der Waals surface area contributed by atoms with E-state index in [9.17, 15) is 9.59 Å². The van der Waals surface area contributed by atoms with E-state index in [2.05, 4.69) is 10.4 Å². The number of nitrogens with zero attached hydrogens (tertiary/aromatic N) is 2. The van der Waals surface area contributed by atoms with Crippen molar-refractivity contribution in [3.05, 3.63) is 71.4 Å². The smallest absolute Gasteiger partial charge is 0.255 e. The number of para-hydroxylation sites is 1. The predicted molar refractivity (Wildman–Crippen MR) is 100 cm³/mol. The molecule has 0 spiro atoms. The Morgan fingerprint density at radius 2 is 1.77 bits per heavy atom. The second-order valence-electron chi connectivity index (χ2n) is 5.78. The molecule has 3 N–H and O–H groups in total. The third-order valence-electron chi connectivity index (χ3n) is 3.87. The van der Waals surface area contributed by atoms with E-state index in [1.807, 2.05) is 30.3 Å². The van der Waals surface area contributed by atoms with Crippen LogP contribution in [-0.2, 0) is 4.79 Å². The Labute approximate surface area is 155 Å². The lowest BCUT2D eigenvalue weighted by molar-refractivity contribution is -0.119. The Morgan fingerprint density at radius 1 is 1.12 bits per heavy atom. The monoisotopic (exact) mass is 368 g/mol. The van der Waals surface area contributed by atoms with Crippen LogP contribution in [0.5, 0.6) is 0 Å². The molecule has 2 aromatic carbocycles. The Kier molecular flexibility index (Phi) is 5.04. The number of carbonyl (C=O) groups excluding carboxylic acids is 2. The number of halogens is 1. The maximum absolute atomic E-state index is 12.7. The number of amides is 2. The average molecular weight is 369 g/mol. The molecule has 1 heterocycles. The summed E-state index contributed by atoms with van der Waals surface area (Å²) in [5.41, 5.74) is 7.61. The third-order valence-corrected chi connectivity index (χ3v) is 4.12. The highest BCUT2D eigenvalue weighted by Crippen LogP contribution is 2.25. The molecule has 0 fully saturated rings. The number of aromatic nitrogens is 2. The van der Waals surface area contributed by atoms with Crippen molar-refractivity contribution in [1.82, 2.24) is 15.1 Å². The first-order chi connectivity index (χ1) is 12.5. The summed E-state index contributed by atoms with van der Waals surface area (Å²) in [7, 11) is 0. The number of primary amides is 1. The molecule has 0 aliphatic rings. The van der Waals surface area contributed by atoms with Gasteiger partial charge in [-0.15, -0.1) is 0 Å². The van der Waals surface area contributed by atoms with Crippen molar-refractivity contribution >= 4 is 23.4 Å². The summed E-state index contributed by atoms with van der Waals surface area (Å²) in [6, 6.07) is 15.7. The van der Waals surface area contributed by atoms with Crippen molar-refractivity contribution in [2.45, 2.75) is 13.0 Å². The van der Waals surface area contributed by atoms with E-state index in [-0.39, 0.29) is 0 Å². The Bertz CT molecular complexity index is 936. The van der Waals surface area contributed by atoms with Gasteiger partial charge >= 0.3 is 0 Å². The molecular formula is C19H17ClN4O2. The molecule has 1 aromatic heterocycles. The van der Waals surface area contributed by atoms with Crippen molar-refractivity contribution in [3.63, 3.8) is 0 Å². The van der Waals surface area contributed by atoms with Gasteiger partial charge in [0, 0.05) is 16.8 Å². The van der Waals surface area contributed by atoms with Gasteiger partial charge in [-0.05, 0) is 31.2 Å². The minimum atomic E-state index is -0.791. The quantitative estimate of drug-likeness (QED) is 0.725. The lowest BCUT2D eigenvalue weighted by Crippen LogP contribution is -2.42. The standard InChI is InChI=1S/C19H17ClN4O2/c1-12(18(21)25)22-19(26)16-11-24(15-5-3-2-4-6-15)23-17(16)13-7-9-14(20)10-8-13/h2-12H,1H3,(H2,21,25)(H,22,26). The van der Waals surface area contributed by atoms with Crippen LogP contribution in [0.15, 0.2) is 60.8 Å². The van der Waals surface area contributed by atoms with Gasteiger partial charge in [0.25, 0.3) is 5.91 Å². The number of rotatable bonds is 5. The third kappa shape index (κ3) is 3.75. The van der Waals surface area contributed by atoms with Gasteiger partial charge in [-0.1, -0.05) is 41.9 Å². The van der Waals surface area contributed by atoms with Gasteiger partial charge in [0.2, 0.25) is 5.91 Å². The number of hydrogen-bond acceptors (Lipinski definition) is 3. The zero-order chi connectivity index (χ0) is 18.7. The summed E-state index contributed by atoms with van der Waals surface area (Å²) < 4.78 is 1.62. The van der Waals surface area contributed by atoms with Gasteiger partial charge in [-0.25, -0.2) is 4.68 Å². The lowest BCUT2D eigenvalue weighted by Gasteiger charge is -2.09. The van der Waals surface area contributed by atoms with E-state index in [0.29, 0.717) is 16.3 Å². The van der Waals surface area contributed by atoms with Crippen LogP contribution in [0.3, 0.4) is 0 Å². The summed E-state index contributed by atoms with van der Waals surface area (Å²) in [4.78, 5) is 23.9. The summed E-state index contributed by atoms with van der Waals surface area (Å²) >= 11 is 5.95. The Hall–Kier alpha value is -3.12. The number of carbonyl (C=O) groups is 2. The molecule has 0 bridgehead atoms. The second-order valence-corrected chi connectivity index (χ2v) is 6.21. The van der Waals surface area contributed by atoms with Crippen LogP contribution in [0.4, 0.5) is 0 Å². The van der Waals surface area contributed by atoms with E-state index in [0.717, 1.165) is 11.3 Å². The van der Waals surface area contributed by atoms with Crippen LogP contribution in [-0.4, -0.2) is 27.6 Å². The van der Waals surface area contributed by atoms with Gasteiger partial charge in [0.05, 0.1) is 11.3 Å². The second kappa shape index (κ2) is 7.41. The Morgan fingerprint density at radius 3 is 2.38 bits per heavy atom. The van der Waals surface area contributed by atoms with Crippen molar-refractivity contribution in [2.75, 3.05) is 0 Å². The molecule has 132 valence electrons. The highest BCUT2D eigenvalue weighted by atomic mass is 35.5. The van der Waals surface area contributed by atoms with Crippen LogP contribution >= 0.6 is 11.6 Å². The van der Waals surface area contributed by atoms with E-state index < -0.39 is 17.9 Å². The average Bonchev–Trinajstić information content (AvgIpc) is 3.08. The first-order valence-electron chi connectivity index (χ1n) is 7.97. The number of nitrogens with one attached hydrogen (secondary N) is 1. The van der Waals surface area contributed by atoms with Crippen LogP contribution in [0, 0.1) is 0 Å². The zero-order valence-electron chi connectivity index (χ0n) is 14.0. The molecule has 6 nitrogen and oxygen atoms in total. The van der Waals surface area contributed by atoms with Crippen molar-refractivity contribution in [2.24, 2.45) is 5.73 Å². The maximum Gasteiger partial charge on any atom is 0.255 e. The van der Waals surface area contributed by atoms with Gasteiger partial charge in [-0.3, -0.25) is 9.59 Å². The minimum absolute atomic E-state index is 0.337. The summed E-state index contributed by atoms with van der Waals surface area (Å²) in [6.07, 6.45) is 1.63. The molecule has 1 unspecified atom stereocenters. The lowest BCUT2D eigenvalue weighted by atomic mass is 10.1. The predicted octanol–water partition coefficient (Wildman–Crippen LogP) is 2.80. The van der Waals surface area contributed by atoms with Gasteiger partial charge in [0.15, 0.2) is 0 Å². The van der Waals surface area contributed by atoms with Crippen molar-refractivity contribution in [3.8, 4) is 16.9 Å². The SMILES string of the molecule is CC(NC(=O)c1cn(-c2ccccc2)nc1-c1ccc(Cl)cc1)C(N)=O. The molecule has 0 saturated carbocycles. The topological polar surface area (TPSA) is 90.0 Å². The fourth-order valence-corrected chi connectivity index (χ4v) is 2.55. The number of benzene rings is 2. The molecule has 0 saturated heterocycles. The molecule has 0 aliphatic heterocycles. The van der Waals surface area contributed by atoms with Crippen molar-refractivity contribution in [1.29, 1.82) is 0 Å². The molecule has 0 radical (unpaired) electrons. The van der Waals surface area contributed by atoms with Gasteiger partial charge in [-0.2, -0.15) is 5.10 Å². The van der Waals surface area contributed by atoms with E-state index >= 15 is 0 Å². The first kappa shape index (κ1) is 17.7. The first-order valence-corrected chi connectivity index (χ1v) is 8.34. The normalized spacial score (nSPS) is 11.8. The van der Waals surface area contributed by atoms with E-state index in [1.165, 1.54) is 6.92 Å². The fourth-order valence-electron chi connectivity index (χ4n) is 2.42. The van der Waals surface area contributed by atoms with Crippen LogP contribution in [0.25, 0.3) is 16.9 Å². The van der Waals surface area contributed by atoms with Crippen LogP contribution in [0.1, 0.15) is 17.3 Å².